The van der Waals surface area contributed by atoms with Crippen molar-refractivity contribution in [2.45, 2.75) is 6.54 Å². The fourth-order valence-electron chi connectivity index (χ4n) is 1.53. The standard InChI is InChI=1S/C12H14N2O3/c1-15-8-3-4-9(10(5-8)16-2)11-7-14-12(6-13)17-11/h3-5,7H,6,13H2,1-2H3. The third kappa shape index (κ3) is 2.24. The van der Waals surface area contributed by atoms with E-state index in [0.717, 1.165) is 11.3 Å². The molecule has 2 aromatic rings. The smallest absolute Gasteiger partial charge is 0.208 e. The van der Waals surface area contributed by atoms with Gasteiger partial charge in [-0.05, 0) is 12.1 Å². The van der Waals surface area contributed by atoms with Crippen LogP contribution in [0.5, 0.6) is 11.5 Å². The minimum absolute atomic E-state index is 0.276. The lowest BCUT2D eigenvalue weighted by Crippen LogP contribution is -1.94. The van der Waals surface area contributed by atoms with Crippen LogP contribution in [0.1, 0.15) is 5.89 Å². The Hall–Kier alpha value is -2.01. The zero-order valence-corrected chi connectivity index (χ0v) is 9.77. The summed E-state index contributed by atoms with van der Waals surface area (Å²) in [7, 11) is 3.20. The molecule has 0 bridgehead atoms. The van der Waals surface area contributed by atoms with Gasteiger partial charge in [0.05, 0.1) is 32.5 Å². The van der Waals surface area contributed by atoms with Crippen molar-refractivity contribution < 1.29 is 13.9 Å². The van der Waals surface area contributed by atoms with Crippen LogP contribution in [0.2, 0.25) is 0 Å². The number of ether oxygens (including phenoxy) is 2. The second-order valence-electron chi connectivity index (χ2n) is 3.39. The maximum atomic E-state index is 5.48. The highest BCUT2D eigenvalue weighted by Crippen LogP contribution is 2.33. The molecule has 0 unspecified atom stereocenters. The van der Waals surface area contributed by atoms with Crippen molar-refractivity contribution in [2.75, 3.05) is 14.2 Å². The molecule has 1 heterocycles. The fourth-order valence-corrected chi connectivity index (χ4v) is 1.53. The van der Waals surface area contributed by atoms with Gasteiger partial charge in [0.25, 0.3) is 0 Å². The van der Waals surface area contributed by atoms with Gasteiger partial charge in [-0.3, -0.25) is 0 Å². The Bertz CT molecular complexity index is 508. The lowest BCUT2D eigenvalue weighted by molar-refractivity contribution is 0.394. The lowest BCUT2D eigenvalue weighted by atomic mass is 10.1. The highest BCUT2D eigenvalue weighted by atomic mass is 16.5. The van der Waals surface area contributed by atoms with Crippen LogP contribution in [0, 0.1) is 0 Å². The number of benzene rings is 1. The molecule has 1 aromatic heterocycles. The van der Waals surface area contributed by atoms with Crippen molar-refractivity contribution in [1.82, 2.24) is 4.98 Å². The molecule has 1 aromatic carbocycles. The zero-order valence-electron chi connectivity index (χ0n) is 9.77. The minimum Gasteiger partial charge on any atom is -0.497 e. The predicted octanol–water partition coefficient (Wildman–Crippen LogP) is 1.82. The first-order chi connectivity index (χ1) is 8.28. The Kier molecular flexibility index (Phi) is 3.30. The molecule has 0 radical (unpaired) electrons. The van der Waals surface area contributed by atoms with Gasteiger partial charge in [-0.25, -0.2) is 4.98 Å². The molecule has 2 N–H and O–H groups in total. The highest BCUT2D eigenvalue weighted by molar-refractivity contribution is 5.66. The van der Waals surface area contributed by atoms with Crippen LogP contribution < -0.4 is 15.2 Å². The molecule has 0 atom stereocenters. The zero-order chi connectivity index (χ0) is 12.3. The number of hydrogen-bond donors (Lipinski definition) is 1. The second kappa shape index (κ2) is 4.88. The van der Waals surface area contributed by atoms with E-state index in [1.807, 2.05) is 12.1 Å². The summed E-state index contributed by atoms with van der Waals surface area (Å²) in [6, 6.07) is 5.49. The van der Waals surface area contributed by atoms with E-state index in [1.54, 1.807) is 26.5 Å². The number of hydrogen-bond acceptors (Lipinski definition) is 5. The summed E-state index contributed by atoms with van der Waals surface area (Å²) < 4.78 is 15.9. The van der Waals surface area contributed by atoms with Gasteiger partial charge in [0, 0.05) is 6.07 Å². The van der Waals surface area contributed by atoms with Crippen LogP contribution in [0.3, 0.4) is 0 Å². The number of nitrogens with zero attached hydrogens (tertiary/aromatic N) is 1. The van der Waals surface area contributed by atoms with E-state index in [9.17, 15) is 0 Å². The molecule has 2 rings (SSSR count). The lowest BCUT2D eigenvalue weighted by Gasteiger charge is -2.07. The van der Waals surface area contributed by atoms with Crippen LogP contribution in [0.4, 0.5) is 0 Å². The number of aromatic nitrogens is 1. The van der Waals surface area contributed by atoms with Crippen molar-refractivity contribution in [3.8, 4) is 22.8 Å². The average molecular weight is 234 g/mol. The summed E-state index contributed by atoms with van der Waals surface area (Å²) in [5, 5.41) is 0. The van der Waals surface area contributed by atoms with Crippen LogP contribution in [0.25, 0.3) is 11.3 Å². The fraction of sp³-hybridized carbons (Fsp3) is 0.250. The molecule has 0 spiro atoms. The van der Waals surface area contributed by atoms with E-state index in [0.29, 0.717) is 17.4 Å². The normalized spacial score (nSPS) is 10.3. The molecule has 0 saturated heterocycles. The average Bonchev–Trinajstić information content (AvgIpc) is 2.86. The largest absolute Gasteiger partial charge is 0.497 e. The van der Waals surface area contributed by atoms with Crippen LogP contribution in [0.15, 0.2) is 28.8 Å². The third-order valence-electron chi connectivity index (χ3n) is 2.40. The summed E-state index contributed by atoms with van der Waals surface area (Å²) in [5.74, 6) is 2.52. The number of methoxy groups -OCH3 is 2. The van der Waals surface area contributed by atoms with Crippen LogP contribution >= 0.6 is 0 Å². The van der Waals surface area contributed by atoms with Crippen molar-refractivity contribution in [3.05, 3.63) is 30.3 Å². The first-order valence-electron chi connectivity index (χ1n) is 5.15. The molecule has 0 amide bonds. The Morgan fingerprint density at radius 3 is 2.71 bits per heavy atom. The Labute approximate surface area is 99.2 Å². The maximum absolute atomic E-state index is 5.48. The molecule has 0 fully saturated rings. The molecule has 0 aliphatic carbocycles. The van der Waals surface area contributed by atoms with Gasteiger partial charge in [0.15, 0.2) is 5.76 Å². The summed E-state index contributed by atoms with van der Waals surface area (Å²) in [5.41, 5.74) is 6.27. The first-order valence-corrected chi connectivity index (χ1v) is 5.15. The van der Waals surface area contributed by atoms with E-state index in [-0.39, 0.29) is 6.54 Å². The van der Waals surface area contributed by atoms with Gasteiger partial charge in [0.1, 0.15) is 11.5 Å². The van der Waals surface area contributed by atoms with Gasteiger partial charge in [-0.15, -0.1) is 0 Å². The van der Waals surface area contributed by atoms with E-state index in [2.05, 4.69) is 4.98 Å². The topological polar surface area (TPSA) is 70.5 Å². The van der Waals surface area contributed by atoms with Crippen LogP contribution in [-0.4, -0.2) is 19.2 Å². The molecule has 0 aliphatic rings. The quantitative estimate of drug-likeness (QED) is 0.873. The first kappa shape index (κ1) is 11.5. The van der Waals surface area contributed by atoms with Gasteiger partial charge < -0.3 is 19.6 Å². The van der Waals surface area contributed by atoms with Gasteiger partial charge in [-0.2, -0.15) is 0 Å². The van der Waals surface area contributed by atoms with Gasteiger partial charge >= 0.3 is 0 Å². The number of nitrogens with two attached hydrogens (primary N) is 1. The Morgan fingerprint density at radius 2 is 2.12 bits per heavy atom. The molecule has 0 aliphatic heterocycles. The van der Waals surface area contributed by atoms with E-state index >= 15 is 0 Å². The molecular formula is C12H14N2O3. The summed E-state index contributed by atoms with van der Waals surface area (Å²) in [6.07, 6.45) is 1.63. The summed E-state index contributed by atoms with van der Waals surface area (Å²) in [4.78, 5) is 4.05. The van der Waals surface area contributed by atoms with E-state index in [4.69, 9.17) is 19.6 Å². The SMILES string of the molecule is COc1ccc(-c2cnc(CN)o2)c(OC)c1. The number of oxazole rings is 1. The summed E-state index contributed by atoms with van der Waals surface area (Å²) in [6.45, 7) is 0.276. The molecule has 5 heteroatoms. The predicted molar refractivity (Wildman–Crippen MR) is 62.9 cm³/mol. The van der Waals surface area contributed by atoms with Gasteiger partial charge in [-0.1, -0.05) is 0 Å². The third-order valence-corrected chi connectivity index (χ3v) is 2.40. The highest BCUT2D eigenvalue weighted by Gasteiger charge is 2.11. The molecule has 0 saturated carbocycles. The van der Waals surface area contributed by atoms with Gasteiger partial charge in [0.2, 0.25) is 5.89 Å². The minimum atomic E-state index is 0.276. The van der Waals surface area contributed by atoms with Crippen molar-refractivity contribution >= 4 is 0 Å². The Balaban J connectivity index is 2.43. The van der Waals surface area contributed by atoms with E-state index in [1.165, 1.54) is 0 Å². The molecule has 5 nitrogen and oxygen atoms in total. The molecule has 90 valence electrons. The monoisotopic (exact) mass is 234 g/mol. The van der Waals surface area contributed by atoms with E-state index < -0.39 is 0 Å². The second-order valence-corrected chi connectivity index (χ2v) is 3.39. The van der Waals surface area contributed by atoms with Crippen molar-refractivity contribution in [3.63, 3.8) is 0 Å². The molecule has 17 heavy (non-hydrogen) atoms. The molecular weight excluding hydrogens is 220 g/mol. The summed E-state index contributed by atoms with van der Waals surface area (Å²) >= 11 is 0. The van der Waals surface area contributed by atoms with Crippen molar-refractivity contribution in [1.29, 1.82) is 0 Å². The maximum Gasteiger partial charge on any atom is 0.208 e. The van der Waals surface area contributed by atoms with Crippen molar-refractivity contribution in [2.24, 2.45) is 5.73 Å². The van der Waals surface area contributed by atoms with Crippen LogP contribution in [-0.2, 0) is 6.54 Å². The number of rotatable bonds is 4. The Morgan fingerprint density at radius 1 is 1.29 bits per heavy atom.